The molecule has 1 N–H and O–H groups in total. The van der Waals surface area contributed by atoms with Crippen LogP contribution in [0.15, 0.2) is 36.9 Å². The first-order valence-electron chi connectivity index (χ1n) is 5.86. The fraction of sp³-hybridized carbons (Fsp3) is 0.308. The van der Waals surface area contributed by atoms with Crippen LogP contribution in [-0.4, -0.2) is 16.1 Å². The lowest BCUT2D eigenvalue weighted by molar-refractivity contribution is 0.558. The van der Waals surface area contributed by atoms with Crippen LogP contribution in [0.25, 0.3) is 0 Å². The molecule has 0 spiro atoms. The Morgan fingerprint density at radius 3 is 2.89 bits per heavy atom. The van der Waals surface area contributed by atoms with E-state index in [1.54, 1.807) is 24.7 Å². The zero-order valence-corrected chi connectivity index (χ0v) is 11.9. The van der Waals surface area contributed by atoms with Gasteiger partial charge in [-0.25, -0.2) is 9.37 Å². The monoisotopic (exact) mass is 303 g/mol. The Balaban J connectivity index is 0.00000180. The highest BCUT2D eigenvalue weighted by Gasteiger charge is 2.05. The number of rotatable bonds is 6. The molecule has 19 heavy (non-hydrogen) atoms. The Kier molecular flexibility index (Phi) is 6.84. The summed E-state index contributed by atoms with van der Waals surface area (Å²) in [5, 5.41) is 3.66. The third-order valence-electron chi connectivity index (χ3n) is 2.69. The Morgan fingerprint density at radius 1 is 1.37 bits per heavy atom. The first-order chi connectivity index (χ1) is 8.77. The minimum absolute atomic E-state index is 0. The molecule has 3 nitrogen and oxygen atoms in total. The van der Waals surface area contributed by atoms with Crippen LogP contribution in [0.2, 0.25) is 5.02 Å². The average Bonchev–Trinajstić information content (AvgIpc) is 2.85. The van der Waals surface area contributed by atoms with Crippen molar-refractivity contribution >= 4 is 24.0 Å². The fourth-order valence-electron chi connectivity index (χ4n) is 1.72. The summed E-state index contributed by atoms with van der Waals surface area (Å²) in [6, 6.07) is 4.74. The normalized spacial score (nSPS) is 10.2. The Bertz CT molecular complexity index is 468. The largest absolute Gasteiger partial charge is 0.337 e. The molecule has 0 bridgehead atoms. The zero-order chi connectivity index (χ0) is 12.8. The van der Waals surface area contributed by atoms with E-state index in [2.05, 4.69) is 10.3 Å². The highest BCUT2D eigenvalue weighted by atomic mass is 35.5. The highest BCUT2D eigenvalue weighted by Crippen LogP contribution is 2.18. The third-order valence-corrected chi connectivity index (χ3v) is 3.05. The van der Waals surface area contributed by atoms with Crippen LogP contribution in [0.3, 0.4) is 0 Å². The van der Waals surface area contributed by atoms with Gasteiger partial charge in [-0.15, -0.1) is 12.4 Å². The van der Waals surface area contributed by atoms with Crippen LogP contribution in [0, 0.1) is 5.82 Å². The van der Waals surface area contributed by atoms with Crippen LogP contribution in [0.4, 0.5) is 4.39 Å². The number of halogens is 3. The van der Waals surface area contributed by atoms with Gasteiger partial charge in [0.1, 0.15) is 5.82 Å². The van der Waals surface area contributed by atoms with E-state index in [0.717, 1.165) is 19.5 Å². The molecule has 0 aliphatic rings. The lowest BCUT2D eigenvalue weighted by atomic mass is 10.2. The van der Waals surface area contributed by atoms with E-state index < -0.39 is 0 Å². The van der Waals surface area contributed by atoms with Gasteiger partial charge >= 0.3 is 0 Å². The minimum Gasteiger partial charge on any atom is -0.337 e. The average molecular weight is 304 g/mol. The predicted molar refractivity (Wildman–Crippen MR) is 77.2 cm³/mol. The van der Waals surface area contributed by atoms with Gasteiger partial charge in [0.2, 0.25) is 0 Å². The quantitative estimate of drug-likeness (QED) is 0.830. The molecule has 0 fully saturated rings. The zero-order valence-electron chi connectivity index (χ0n) is 10.4. The van der Waals surface area contributed by atoms with E-state index in [-0.39, 0.29) is 18.2 Å². The van der Waals surface area contributed by atoms with Crippen LogP contribution in [0.5, 0.6) is 0 Å². The lowest BCUT2D eigenvalue weighted by Gasteiger charge is -2.08. The number of hydrogen-bond donors (Lipinski definition) is 1. The van der Waals surface area contributed by atoms with Crippen molar-refractivity contribution in [3.8, 4) is 0 Å². The molecular formula is C13H16Cl2FN3. The lowest BCUT2D eigenvalue weighted by Crippen LogP contribution is -2.17. The summed E-state index contributed by atoms with van der Waals surface area (Å²) in [4.78, 5) is 3.97. The molecule has 2 rings (SSSR count). The number of aromatic nitrogens is 2. The number of nitrogens with one attached hydrogen (secondary N) is 1. The van der Waals surface area contributed by atoms with Gasteiger partial charge in [0, 0.05) is 36.1 Å². The van der Waals surface area contributed by atoms with Gasteiger partial charge in [0.05, 0.1) is 6.33 Å². The Labute approximate surface area is 123 Å². The smallest absolute Gasteiger partial charge is 0.129 e. The number of benzene rings is 1. The van der Waals surface area contributed by atoms with E-state index in [4.69, 9.17) is 11.6 Å². The predicted octanol–water partition coefficient (Wildman–Crippen LogP) is 3.28. The molecule has 0 atom stereocenters. The van der Waals surface area contributed by atoms with Gasteiger partial charge in [-0.1, -0.05) is 17.7 Å². The topological polar surface area (TPSA) is 29.9 Å². The molecule has 6 heteroatoms. The van der Waals surface area contributed by atoms with Gasteiger partial charge in [-0.3, -0.25) is 0 Å². The molecule has 1 aromatic carbocycles. The van der Waals surface area contributed by atoms with E-state index >= 15 is 0 Å². The molecule has 0 aliphatic heterocycles. The van der Waals surface area contributed by atoms with Gasteiger partial charge in [-0.05, 0) is 25.1 Å². The fourth-order valence-corrected chi connectivity index (χ4v) is 1.95. The second kappa shape index (κ2) is 8.15. The Morgan fingerprint density at radius 2 is 2.21 bits per heavy atom. The number of nitrogens with zero attached hydrogens (tertiary/aromatic N) is 2. The standard InChI is InChI=1S/C13H15ClFN3.ClH/c14-12-3-1-4-13(15)11(12)9-16-5-2-7-18-8-6-17-10-18;/h1,3-4,6,8,10,16H,2,5,7,9H2;1H. The molecule has 0 radical (unpaired) electrons. The molecule has 2 aromatic rings. The van der Waals surface area contributed by atoms with Crippen LogP contribution in [0.1, 0.15) is 12.0 Å². The first kappa shape index (κ1) is 16.0. The summed E-state index contributed by atoms with van der Waals surface area (Å²) in [6.07, 6.45) is 6.43. The van der Waals surface area contributed by atoms with E-state index in [1.165, 1.54) is 6.07 Å². The van der Waals surface area contributed by atoms with Crippen molar-refractivity contribution in [3.05, 3.63) is 53.3 Å². The van der Waals surface area contributed by atoms with Gasteiger partial charge < -0.3 is 9.88 Å². The maximum atomic E-state index is 13.4. The van der Waals surface area contributed by atoms with E-state index in [0.29, 0.717) is 17.1 Å². The summed E-state index contributed by atoms with van der Waals surface area (Å²) in [6.45, 7) is 2.16. The van der Waals surface area contributed by atoms with Crippen molar-refractivity contribution in [2.24, 2.45) is 0 Å². The van der Waals surface area contributed by atoms with Crippen LogP contribution in [-0.2, 0) is 13.1 Å². The van der Waals surface area contributed by atoms with Crippen molar-refractivity contribution < 1.29 is 4.39 Å². The number of hydrogen-bond acceptors (Lipinski definition) is 2. The molecule has 0 saturated heterocycles. The van der Waals surface area contributed by atoms with Crippen molar-refractivity contribution in [3.63, 3.8) is 0 Å². The maximum Gasteiger partial charge on any atom is 0.129 e. The van der Waals surface area contributed by atoms with Crippen LogP contribution >= 0.6 is 24.0 Å². The molecule has 0 aliphatic carbocycles. The van der Waals surface area contributed by atoms with E-state index in [1.807, 2.05) is 10.8 Å². The molecule has 1 aromatic heterocycles. The van der Waals surface area contributed by atoms with Crippen molar-refractivity contribution in [1.29, 1.82) is 0 Å². The third kappa shape index (κ3) is 4.82. The molecule has 104 valence electrons. The SMILES string of the molecule is Cl.Fc1cccc(Cl)c1CNCCCn1ccnc1. The molecular weight excluding hydrogens is 288 g/mol. The number of aryl methyl sites for hydroxylation is 1. The number of imidazole rings is 1. The summed E-state index contributed by atoms with van der Waals surface area (Å²) in [7, 11) is 0. The summed E-state index contributed by atoms with van der Waals surface area (Å²) in [5.74, 6) is -0.260. The van der Waals surface area contributed by atoms with Crippen LogP contribution < -0.4 is 5.32 Å². The summed E-state index contributed by atoms with van der Waals surface area (Å²) >= 11 is 5.93. The molecule has 0 saturated carbocycles. The Hall–Kier alpha value is -1.10. The maximum absolute atomic E-state index is 13.4. The van der Waals surface area contributed by atoms with Gasteiger partial charge in [-0.2, -0.15) is 0 Å². The molecule has 1 heterocycles. The van der Waals surface area contributed by atoms with E-state index in [9.17, 15) is 4.39 Å². The summed E-state index contributed by atoms with van der Waals surface area (Å²) in [5.41, 5.74) is 0.529. The first-order valence-corrected chi connectivity index (χ1v) is 6.24. The van der Waals surface area contributed by atoms with Crippen molar-refractivity contribution in [1.82, 2.24) is 14.9 Å². The van der Waals surface area contributed by atoms with Gasteiger partial charge in [0.15, 0.2) is 0 Å². The van der Waals surface area contributed by atoms with Gasteiger partial charge in [0.25, 0.3) is 0 Å². The summed E-state index contributed by atoms with van der Waals surface area (Å²) < 4.78 is 15.5. The second-order valence-corrected chi connectivity index (χ2v) is 4.44. The highest BCUT2D eigenvalue weighted by molar-refractivity contribution is 6.31. The minimum atomic E-state index is -0.260. The second-order valence-electron chi connectivity index (χ2n) is 4.03. The van der Waals surface area contributed by atoms with Crippen molar-refractivity contribution in [2.45, 2.75) is 19.5 Å². The molecule has 0 amide bonds. The van der Waals surface area contributed by atoms with Crippen molar-refractivity contribution in [2.75, 3.05) is 6.54 Å². The molecule has 0 unspecified atom stereocenters.